The third kappa shape index (κ3) is 3.75. The van der Waals surface area contributed by atoms with Crippen molar-refractivity contribution in [2.24, 2.45) is 0 Å². The van der Waals surface area contributed by atoms with E-state index in [0.29, 0.717) is 27.8 Å². The summed E-state index contributed by atoms with van der Waals surface area (Å²) in [4.78, 5) is 16.8. The molecule has 0 saturated carbocycles. The second kappa shape index (κ2) is 7.66. The van der Waals surface area contributed by atoms with Gasteiger partial charge in [-0.3, -0.25) is 4.79 Å². The van der Waals surface area contributed by atoms with Crippen molar-refractivity contribution in [2.75, 3.05) is 11.6 Å². The molecule has 0 unspecified atom stereocenters. The molecule has 0 fully saturated rings. The van der Waals surface area contributed by atoms with Gasteiger partial charge in [-0.25, -0.2) is 4.98 Å². The molecule has 3 aromatic rings. The highest BCUT2D eigenvalue weighted by molar-refractivity contribution is 7.98. The highest BCUT2D eigenvalue weighted by Crippen LogP contribution is 2.30. The van der Waals surface area contributed by atoms with Crippen molar-refractivity contribution in [3.63, 3.8) is 0 Å². The summed E-state index contributed by atoms with van der Waals surface area (Å²) in [5, 5.41) is 3.60. The molecule has 2 aromatic carbocycles. The van der Waals surface area contributed by atoms with Crippen molar-refractivity contribution in [1.82, 2.24) is 4.98 Å². The van der Waals surface area contributed by atoms with Gasteiger partial charge in [0.15, 0.2) is 5.75 Å². The Hall–Kier alpha value is -2.79. The predicted molar refractivity (Wildman–Crippen MR) is 96.9 cm³/mol. The summed E-state index contributed by atoms with van der Waals surface area (Å²) in [6.07, 6.45) is 3.57. The lowest BCUT2D eigenvalue weighted by Crippen LogP contribution is -2.14. The summed E-state index contributed by atoms with van der Waals surface area (Å²) in [6, 6.07) is 20.3. The maximum atomic E-state index is 12.6. The first kappa shape index (κ1) is 16.1. The molecule has 5 heteroatoms. The quantitative estimate of drug-likeness (QED) is 0.677. The molecule has 0 aliphatic heterocycles. The number of benzene rings is 2. The third-order valence-corrected chi connectivity index (χ3v) is 4.03. The van der Waals surface area contributed by atoms with E-state index in [1.165, 1.54) is 11.8 Å². The number of thioether (sulfide) groups is 1. The largest absolute Gasteiger partial charge is 0.455 e. The molecule has 120 valence electrons. The van der Waals surface area contributed by atoms with Gasteiger partial charge in [-0.2, -0.15) is 0 Å². The maximum absolute atomic E-state index is 12.6. The molecule has 1 aromatic heterocycles. The van der Waals surface area contributed by atoms with Crippen LogP contribution in [-0.2, 0) is 0 Å². The minimum atomic E-state index is -0.212. The lowest BCUT2D eigenvalue weighted by atomic mass is 10.2. The van der Waals surface area contributed by atoms with E-state index in [0.717, 1.165) is 0 Å². The fourth-order valence-electron chi connectivity index (χ4n) is 2.19. The number of ether oxygens (including phenoxy) is 1. The zero-order valence-electron chi connectivity index (χ0n) is 13.1. The molecule has 4 nitrogen and oxygen atoms in total. The van der Waals surface area contributed by atoms with E-state index in [1.807, 2.05) is 60.9 Å². The van der Waals surface area contributed by atoms with E-state index in [-0.39, 0.29) is 5.91 Å². The van der Waals surface area contributed by atoms with Crippen molar-refractivity contribution >= 4 is 23.4 Å². The predicted octanol–water partition coefficient (Wildman–Crippen LogP) is 4.85. The van der Waals surface area contributed by atoms with Crippen LogP contribution in [0.1, 0.15) is 10.4 Å². The average molecular weight is 336 g/mol. The van der Waals surface area contributed by atoms with Crippen LogP contribution in [0.25, 0.3) is 0 Å². The number of hydrogen-bond donors (Lipinski definition) is 1. The molecule has 0 bridgehead atoms. The van der Waals surface area contributed by atoms with Crippen LogP contribution in [0.2, 0.25) is 0 Å². The summed E-state index contributed by atoms with van der Waals surface area (Å²) < 4.78 is 5.87. The molecule has 0 saturated heterocycles. The van der Waals surface area contributed by atoms with Crippen molar-refractivity contribution in [3.8, 4) is 11.5 Å². The van der Waals surface area contributed by atoms with Crippen LogP contribution < -0.4 is 10.1 Å². The number of anilines is 1. The number of hydrogen-bond acceptors (Lipinski definition) is 4. The Morgan fingerprint density at radius 2 is 1.75 bits per heavy atom. The second-order valence-electron chi connectivity index (χ2n) is 4.93. The molecule has 0 aliphatic rings. The Morgan fingerprint density at radius 3 is 2.54 bits per heavy atom. The van der Waals surface area contributed by atoms with Gasteiger partial charge in [-0.05, 0) is 42.7 Å². The second-order valence-corrected chi connectivity index (χ2v) is 5.72. The number of nitrogens with zero attached hydrogens (tertiary/aromatic N) is 1. The Balaban J connectivity index is 1.84. The molecule has 0 atom stereocenters. The smallest absolute Gasteiger partial charge is 0.258 e. The zero-order chi connectivity index (χ0) is 16.8. The summed E-state index contributed by atoms with van der Waals surface area (Å²) in [5.41, 5.74) is 1.15. The number of carbonyl (C=O) groups excluding carboxylic acids is 1. The van der Waals surface area contributed by atoms with E-state index in [4.69, 9.17) is 4.74 Å². The van der Waals surface area contributed by atoms with E-state index >= 15 is 0 Å². The first-order chi connectivity index (χ1) is 11.8. The molecular weight excluding hydrogens is 320 g/mol. The van der Waals surface area contributed by atoms with Crippen molar-refractivity contribution in [3.05, 3.63) is 78.5 Å². The van der Waals surface area contributed by atoms with Crippen LogP contribution in [0.5, 0.6) is 11.5 Å². The van der Waals surface area contributed by atoms with Gasteiger partial charge in [0.2, 0.25) is 0 Å². The highest BCUT2D eigenvalue weighted by Gasteiger charge is 2.14. The fourth-order valence-corrected chi connectivity index (χ4v) is 2.74. The summed E-state index contributed by atoms with van der Waals surface area (Å²) in [6.45, 7) is 0. The van der Waals surface area contributed by atoms with Gasteiger partial charge in [0.25, 0.3) is 5.91 Å². The molecule has 3 rings (SSSR count). The van der Waals surface area contributed by atoms with E-state index in [2.05, 4.69) is 10.3 Å². The Kier molecular flexibility index (Phi) is 5.13. The topological polar surface area (TPSA) is 51.2 Å². The molecule has 24 heavy (non-hydrogen) atoms. The van der Waals surface area contributed by atoms with Crippen molar-refractivity contribution < 1.29 is 9.53 Å². The summed E-state index contributed by atoms with van der Waals surface area (Å²) >= 11 is 1.44. The number of aromatic nitrogens is 1. The fraction of sp³-hybridized carbons (Fsp3) is 0.0526. The van der Waals surface area contributed by atoms with Gasteiger partial charge in [-0.1, -0.05) is 30.3 Å². The first-order valence-electron chi connectivity index (χ1n) is 7.40. The number of carbonyl (C=O) groups is 1. The molecule has 1 heterocycles. The van der Waals surface area contributed by atoms with E-state index < -0.39 is 0 Å². The Bertz CT molecular complexity index is 838. The maximum Gasteiger partial charge on any atom is 0.258 e. The van der Waals surface area contributed by atoms with Crippen molar-refractivity contribution in [2.45, 2.75) is 5.03 Å². The Morgan fingerprint density at radius 1 is 1.00 bits per heavy atom. The van der Waals surface area contributed by atoms with Crippen LogP contribution in [-0.4, -0.2) is 17.1 Å². The minimum absolute atomic E-state index is 0.212. The lowest BCUT2D eigenvalue weighted by molar-refractivity contribution is 0.102. The monoisotopic (exact) mass is 336 g/mol. The van der Waals surface area contributed by atoms with Crippen LogP contribution in [0, 0.1) is 0 Å². The van der Waals surface area contributed by atoms with Gasteiger partial charge in [0.05, 0.1) is 11.3 Å². The lowest BCUT2D eigenvalue weighted by Gasteiger charge is -2.13. The van der Waals surface area contributed by atoms with Crippen LogP contribution in [0.3, 0.4) is 0 Å². The average Bonchev–Trinajstić information content (AvgIpc) is 2.64. The molecular formula is C19H16N2O2S. The third-order valence-electron chi connectivity index (χ3n) is 3.32. The SMILES string of the molecule is CSc1ncccc1C(=O)Nc1ccccc1Oc1ccccc1. The van der Waals surface area contributed by atoms with E-state index in [1.54, 1.807) is 18.3 Å². The highest BCUT2D eigenvalue weighted by atomic mass is 32.2. The molecule has 0 radical (unpaired) electrons. The van der Waals surface area contributed by atoms with Crippen LogP contribution in [0.4, 0.5) is 5.69 Å². The Labute approximate surface area is 144 Å². The van der Waals surface area contributed by atoms with Gasteiger partial charge < -0.3 is 10.1 Å². The molecule has 0 aliphatic carbocycles. The zero-order valence-corrected chi connectivity index (χ0v) is 13.9. The minimum Gasteiger partial charge on any atom is -0.455 e. The number of amides is 1. The van der Waals surface area contributed by atoms with Crippen LogP contribution in [0.15, 0.2) is 78.0 Å². The number of rotatable bonds is 5. The molecule has 1 amide bonds. The first-order valence-corrected chi connectivity index (χ1v) is 8.62. The van der Waals surface area contributed by atoms with E-state index in [9.17, 15) is 4.79 Å². The summed E-state index contributed by atoms with van der Waals surface area (Å²) in [7, 11) is 0. The standard InChI is InChI=1S/C19H16N2O2S/c1-24-19-15(10-7-13-20-19)18(22)21-16-11-5-6-12-17(16)23-14-8-3-2-4-9-14/h2-13H,1H3,(H,21,22). The normalized spacial score (nSPS) is 10.2. The molecule has 0 spiro atoms. The van der Waals surface area contributed by atoms with Gasteiger partial charge in [-0.15, -0.1) is 11.8 Å². The number of pyridine rings is 1. The summed E-state index contributed by atoms with van der Waals surface area (Å²) in [5.74, 6) is 1.09. The van der Waals surface area contributed by atoms with Gasteiger partial charge in [0, 0.05) is 6.20 Å². The van der Waals surface area contributed by atoms with Gasteiger partial charge in [0.1, 0.15) is 10.8 Å². The van der Waals surface area contributed by atoms with Crippen molar-refractivity contribution in [1.29, 1.82) is 0 Å². The molecule has 1 N–H and O–H groups in total. The van der Waals surface area contributed by atoms with Gasteiger partial charge >= 0.3 is 0 Å². The number of para-hydroxylation sites is 3. The van der Waals surface area contributed by atoms with Crippen LogP contribution >= 0.6 is 11.8 Å². The number of nitrogens with one attached hydrogen (secondary N) is 1.